The van der Waals surface area contributed by atoms with Gasteiger partial charge in [-0.2, -0.15) is 0 Å². The number of carbonyl (C=O) groups is 2. The fraction of sp³-hybridized carbons (Fsp3) is 0.462. The number of piperazine rings is 2. The number of azo groups is 1. The normalized spacial score (nSPS) is 17.2. The van der Waals surface area contributed by atoms with Gasteiger partial charge in [0.1, 0.15) is 11.4 Å². The molecule has 204 valence electrons. The van der Waals surface area contributed by atoms with Crippen molar-refractivity contribution >= 4 is 23.6 Å². The van der Waals surface area contributed by atoms with Gasteiger partial charge < -0.3 is 19.3 Å². The minimum atomic E-state index is -0.508. The number of rotatable bonds is 6. The molecule has 2 aromatic carbocycles. The quantitative estimate of drug-likeness (QED) is 0.522. The molecule has 0 N–H and O–H groups in total. The van der Waals surface area contributed by atoms with E-state index in [-0.39, 0.29) is 23.6 Å². The molecule has 12 heteroatoms. The summed E-state index contributed by atoms with van der Waals surface area (Å²) in [6.07, 6.45) is -0.730. The second-order valence-corrected chi connectivity index (χ2v) is 9.17. The smallest absolute Gasteiger partial charge is 0.409 e. The Bertz CT molecular complexity index is 1070. The van der Waals surface area contributed by atoms with Crippen LogP contribution >= 0.6 is 0 Å². The molecule has 0 aromatic heterocycles. The molecule has 4 rings (SSSR count). The lowest BCUT2D eigenvalue weighted by atomic mass is 10.1. The van der Waals surface area contributed by atoms with Crippen molar-refractivity contribution in [1.29, 1.82) is 0 Å². The summed E-state index contributed by atoms with van der Waals surface area (Å²) in [5.74, 6) is -1.02. The van der Waals surface area contributed by atoms with E-state index in [4.69, 9.17) is 9.47 Å². The van der Waals surface area contributed by atoms with Crippen LogP contribution in [0.25, 0.3) is 0 Å². The van der Waals surface area contributed by atoms with Crippen molar-refractivity contribution in [2.75, 3.05) is 66.6 Å². The molecule has 0 radical (unpaired) electrons. The third kappa shape index (κ3) is 6.62. The molecule has 2 aliphatic rings. The SMILES string of the molecule is COC(=O)N1CCN(Cc2cccc(N=Nc3cccc(CN4CCN(C(=O)OC)CC4)c3F)c2F)CC1. The number of methoxy groups -OCH3 is 2. The Morgan fingerprint density at radius 2 is 1.05 bits per heavy atom. The fourth-order valence-electron chi connectivity index (χ4n) is 4.56. The summed E-state index contributed by atoms with van der Waals surface area (Å²) in [5.41, 5.74) is 0.959. The van der Waals surface area contributed by atoms with Crippen LogP contribution in [0.2, 0.25) is 0 Å². The Labute approximate surface area is 220 Å². The molecule has 2 fully saturated rings. The van der Waals surface area contributed by atoms with Gasteiger partial charge in [0, 0.05) is 76.6 Å². The summed E-state index contributed by atoms with van der Waals surface area (Å²) < 4.78 is 39.9. The average Bonchev–Trinajstić information content (AvgIpc) is 2.95. The molecule has 0 bridgehead atoms. The third-order valence-corrected chi connectivity index (χ3v) is 6.78. The Kier molecular flexibility index (Phi) is 9.19. The Hall–Kier alpha value is -3.64. The first kappa shape index (κ1) is 27.4. The molecule has 2 amide bonds. The first-order chi connectivity index (χ1) is 18.4. The van der Waals surface area contributed by atoms with E-state index in [0.29, 0.717) is 76.6 Å². The van der Waals surface area contributed by atoms with Crippen LogP contribution in [0.1, 0.15) is 11.1 Å². The average molecular weight is 531 g/mol. The summed E-state index contributed by atoms with van der Waals surface area (Å²) in [5, 5.41) is 8.03. The van der Waals surface area contributed by atoms with E-state index in [1.165, 1.54) is 26.4 Å². The van der Waals surface area contributed by atoms with Crippen LogP contribution in [0.4, 0.5) is 29.7 Å². The number of carbonyl (C=O) groups excluding carboxylic acids is 2. The number of hydrogen-bond acceptors (Lipinski definition) is 8. The van der Waals surface area contributed by atoms with E-state index >= 15 is 8.78 Å². The zero-order valence-corrected chi connectivity index (χ0v) is 21.6. The van der Waals surface area contributed by atoms with Crippen molar-refractivity contribution in [3.05, 3.63) is 59.2 Å². The number of amides is 2. The van der Waals surface area contributed by atoms with Crippen LogP contribution in [0.5, 0.6) is 0 Å². The molecule has 38 heavy (non-hydrogen) atoms. The van der Waals surface area contributed by atoms with Crippen molar-refractivity contribution in [3.8, 4) is 0 Å². The Morgan fingerprint density at radius 1 is 0.684 bits per heavy atom. The van der Waals surface area contributed by atoms with Gasteiger partial charge in [0.15, 0.2) is 11.6 Å². The number of halogens is 2. The number of ether oxygens (including phenoxy) is 2. The predicted octanol–water partition coefficient (Wildman–Crippen LogP) is 4.15. The number of nitrogens with zero attached hydrogens (tertiary/aromatic N) is 6. The molecule has 0 saturated carbocycles. The molecular weight excluding hydrogens is 498 g/mol. The van der Waals surface area contributed by atoms with Crippen molar-refractivity contribution in [3.63, 3.8) is 0 Å². The molecule has 0 unspecified atom stereocenters. The molecule has 2 heterocycles. The number of benzene rings is 2. The van der Waals surface area contributed by atoms with Gasteiger partial charge in [-0.3, -0.25) is 9.80 Å². The second-order valence-electron chi connectivity index (χ2n) is 9.17. The van der Waals surface area contributed by atoms with Gasteiger partial charge >= 0.3 is 12.2 Å². The second kappa shape index (κ2) is 12.7. The van der Waals surface area contributed by atoms with Crippen molar-refractivity contribution in [2.24, 2.45) is 10.2 Å². The van der Waals surface area contributed by atoms with Crippen LogP contribution in [0.15, 0.2) is 46.6 Å². The monoisotopic (exact) mass is 530 g/mol. The summed E-state index contributed by atoms with van der Waals surface area (Å²) in [4.78, 5) is 30.7. The largest absolute Gasteiger partial charge is 0.453 e. The van der Waals surface area contributed by atoms with E-state index in [9.17, 15) is 9.59 Å². The molecule has 0 spiro atoms. The molecule has 0 atom stereocenters. The van der Waals surface area contributed by atoms with Gasteiger partial charge in [-0.1, -0.05) is 24.3 Å². The third-order valence-electron chi connectivity index (χ3n) is 6.78. The maximum absolute atomic E-state index is 15.2. The predicted molar refractivity (Wildman–Crippen MR) is 135 cm³/mol. The highest BCUT2D eigenvalue weighted by Crippen LogP contribution is 2.28. The topological polar surface area (TPSA) is 90.3 Å². The minimum Gasteiger partial charge on any atom is -0.453 e. The van der Waals surface area contributed by atoms with Gasteiger partial charge in [0.05, 0.1) is 14.2 Å². The summed E-state index contributed by atoms with van der Waals surface area (Å²) in [6, 6.07) is 9.75. The molecule has 2 aliphatic heterocycles. The van der Waals surface area contributed by atoms with Crippen molar-refractivity contribution in [2.45, 2.75) is 13.1 Å². The van der Waals surface area contributed by atoms with Crippen LogP contribution in [-0.4, -0.2) is 98.4 Å². The molecule has 2 saturated heterocycles. The zero-order chi connectivity index (χ0) is 27.1. The first-order valence-corrected chi connectivity index (χ1v) is 12.5. The van der Waals surface area contributed by atoms with E-state index in [2.05, 4.69) is 10.2 Å². The van der Waals surface area contributed by atoms with Crippen molar-refractivity contribution < 1.29 is 27.8 Å². The molecule has 0 aliphatic carbocycles. The Morgan fingerprint density at radius 3 is 1.39 bits per heavy atom. The van der Waals surface area contributed by atoms with Gasteiger partial charge in [0.2, 0.25) is 0 Å². The van der Waals surface area contributed by atoms with Gasteiger partial charge in [0.25, 0.3) is 0 Å². The van der Waals surface area contributed by atoms with E-state index < -0.39 is 11.6 Å². The van der Waals surface area contributed by atoms with Gasteiger partial charge in [-0.15, -0.1) is 10.2 Å². The standard InChI is InChI=1S/C26H32F2N6O4/c1-37-25(35)33-13-9-31(10-14-33)17-19-5-3-7-21(23(19)27)29-30-22-8-4-6-20(24(22)28)18-32-11-15-34(16-12-32)26(36)38-2/h3-8H,9-18H2,1-2H3. The maximum Gasteiger partial charge on any atom is 0.409 e. The first-order valence-electron chi connectivity index (χ1n) is 12.5. The van der Waals surface area contributed by atoms with Gasteiger partial charge in [-0.25, -0.2) is 18.4 Å². The Balaban J connectivity index is 1.38. The summed E-state index contributed by atoms with van der Waals surface area (Å²) >= 11 is 0. The number of hydrogen-bond donors (Lipinski definition) is 0. The lowest BCUT2D eigenvalue weighted by Crippen LogP contribution is -2.48. The van der Waals surface area contributed by atoms with Gasteiger partial charge in [-0.05, 0) is 12.1 Å². The van der Waals surface area contributed by atoms with E-state index in [1.54, 1.807) is 34.1 Å². The lowest BCUT2D eigenvalue weighted by Gasteiger charge is -2.33. The fourth-order valence-corrected chi connectivity index (χ4v) is 4.56. The molecule has 2 aromatic rings. The zero-order valence-electron chi connectivity index (χ0n) is 21.6. The van der Waals surface area contributed by atoms with Crippen LogP contribution < -0.4 is 0 Å². The molecular formula is C26H32F2N6O4. The van der Waals surface area contributed by atoms with E-state index in [1.807, 2.05) is 9.80 Å². The highest BCUT2D eigenvalue weighted by Gasteiger charge is 2.24. The highest BCUT2D eigenvalue weighted by atomic mass is 19.1. The van der Waals surface area contributed by atoms with Crippen LogP contribution in [0, 0.1) is 11.6 Å². The summed E-state index contributed by atoms with van der Waals surface area (Å²) in [7, 11) is 2.70. The highest BCUT2D eigenvalue weighted by molar-refractivity contribution is 5.67. The molecule has 10 nitrogen and oxygen atoms in total. The van der Waals surface area contributed by atoms with E-state index in [0.717, 1.165) is 0 Å². The van der Waals surface area contributed by atoms with Crippen molar-refractivity contribution in [1.82, 2.24) is 19.6 Å². The van der Waals surface area contributed by atoms with Crippen LogP contribution in [-0.2, 0) is 22.6 Å². The lowest BCUT2D eigenvalue weighted by molar-refractivity contribution is 0.0880. The summed E-state index contributed by atoms with van der Waals surface area (Å²) in [6.45, 7) is 5.11. The van der Waals surface area contributed by atoms with Crippen LogP contribution in [0.3, 0.4) is 0 Å². The maximum atomic E-state index is 15.2. The minimum absolute atomic E-state index is 0.0273.